The molecule has 1 fully saturated rings. The SMILES string of the molecule is CC(C)(O)C(=O)N1CCC(c2ccc(C(OCc3c(F)cccc3F)(C(F)(F)F)C(F)(F)F)cc2)(S(=O)(=O)c2ccc(F)cc2)C1. The van der Waals surface area contributed by atoms with Crippen LogP contribution in [0.3, 0.4) is 0 Å². The molecule has 0 aliphatic carbocycles. The van der Waals surface area contributed by atoms with Gasteiger partial charge >= 0.3 is 12.4 Å². The van der Waals surface area contributed by atoms with E-state index in [9.17, 15) is 57.8 Å². The third-order valence-corrected chi connectivity index (χ3v) is 10.3. The smallest absolute Gasteiger partial charge is 0.381 e. The Kier molecular flexibility index (Phi) is 9.09. The van der Waals surface area contributed by atoms with Crippen molar-refractivity contribution >= 4 is 15.7 Å². The van der Waals surface area contributed by atoms with Crippen LogP contribution in [0.15, 0.2) is 71.6 Å². The first-order valence-electron chi connectivity index (χ1n) is 13.4. The lowest BCUT2D eigenvalue weighted by atomic mass is 9.88. The minimum absolute atomic E-state index is 0.280. The first kappa shape index (κ1) is 35.2. The summed E-state index contributed by atoms with van der Waals surface area (Å²) in [7, 11) is -4.64. The first-order valence-corrected chi connectivity index (χ1v) is 14.9. The number of nitrogens with zero attached hydrogens (tertiary/aromatic N) is 1. The van der Waals surface area contributed by atoms with Crippen LogP contribution in [0.2, 0.25) is 0 Å². The molecule has 0 bridgehead atoms. The van der Waals surface area contributed by atoms with E-state index in [0.29, 0.717) is 36.4 Å². The topological polar surface area (TPSA) is 83.9 Å². The van der Waals surface area contributed by atoms with Crippen molar-refractivity contribution in [3.63, 3.8) is 0 Å². The van der Waals surface area contributed by atoms with Crippen molar-refractivity contribution in [2.45, 2.75) is 60.1 Å². The van der Waals surface area contributed by atoms with Crippen LogP contribution in [0, 0.1) is 17.5 Å². The number of amides is 1. The Morgan fingerprint density at radius 2 is 1.39 bits per heavy atom. The van der Waals surface area contributed by atoms with Crippen LogP contribution in [-0.2, 0) is 36.3 Å². The van der Waals surface area contributed by atoms with Crippen molar-refractivity contribution in [3.05, 3.63) is 101 Å². The van der Waals surface area contributed by atoms with Crippen LogP contribution < -0.4 is 0 Å². The van der Waals surface area contributed by atoms with E-state index in [1.807, 2.05) is 0 Å². The Balaban J connectivity index is 1.87. The molecule has 6 nitrogen and oxygen atoms in total. The summed E-state index contributed by atoms with van der Waals surface area (Å²) in [5, 5.41) is 10.2. The second-order valence-electron chi connectivity index (χ2n) is 11.2. The molecule has 1 unspecified atom stereocenters. The monoisotopic (exact) mass is 683 g/mol. The van der Waals surface area contributed by atoms with E-state index in [4.69, 9.17) is 0 Å². The van der Waals surface area contributed by atoms with E-state index < -0.39 is 97.1 Å². The lowest BCUT2D eigenvalue weighted by molar-refractivity contribution is -0.392. The highest BCUT2D eigenvalue weighted by atomic mass is 32.2. The number of likely N-dealkylation sites (tertiary alicyclic amines) is 1. The average Bonchev–Trinajstić information content (AvgIpc) is 3.40. The Morgan fingerprint density at radius 1 is 0.870 bits per heavy atom. The molecule has 1 amide bonds. The summed E-state index contributed by atoms with van der Waals surface area (Å²) in [6, 6.07) is 7.60. The van der Waals surface area contributed by atoms with Crippen LogP contribution in [-0.4, -0.2) is 55.4 Å². The molecule has 1 heterocycles. The molecule has 1 aliphatic rings. The van der Waals surface area contributed by atoms with Gasteiger partial charge in [0.05, 0.1) is 11.5 Å². The molecular weight excluding hydrogens is 657 g/mol. The number of carbonyl (C=O) groups excluding carboxylic acids is 1. The maximum atomic E-state index is 14.4. The number of halogens is 9. The summed E-state index contributed by atoms with van der Waals surface area (Å²) in [6.07, 6.45) is -12.9. The summed E-state index contributed by atoms with van der Waals surface area (Å²) in [5.41, 5.74) is -10.2. The van der Waals surface area contributed by atoms with Gasteiger partial charge in [-0.25, -0.2) is 21.6 Å². The van der Waals surface area contributed by atoms with Crippen molar-refractivity contribution in [3.8, 4) is 0 Å². The highest BCUT2D eigenvalue weighted by molar-refractivity contribution is 7.92. The minimum Gasteiger partial charge on any atom is -0.381 e. The number of ether oxygens (including phenoxy) is 1. The highest BCUT2D eigenvalue weighted by Crippen LogP contribution is 2.54. The predicted molar refractivity (Wildman–Crippen MR) is 144 cm³/mol. The van der Waals surface area contributed by atoms with Gasteiger partial charge in [-0.05, 0) is 62.2 Å². The maximum Gasteiger partial charge on any atom is 0.430 e. The molecule has 3 aromatic carbocycles. The van der Waals surface area contributed by atoms with E-state index in [1.54, 1.807) is 0 Å². The number of rotatable bonds is 8. The first-order chi connectivity index (χ1) is 21.1. The molecule has 250 valence electrons. The molecule has 0 spiro atoms. The summed E-state index contributed by atoms with van der Waals surface area (Å²) in [6.45, 7) is -0.450. The van der Waals surface area contributed by atoms with Crippen LogP contribution in [0.1, 0.15) is 37.0 Å². The second kappa shape index (κ2) is 11.9. The van der Waals surface area contributed by atoms with Gasteiger partial charge in [0.1, 0.15) is 27.8 Å². The quantitative estimate of drug-likeness (QED) is 0.222. The Labute approximate surface area is 257 Å². The van der Waals surface area contributed by atoms with E-state index in [-0.39, 0.29) is 12.1 Å². The van der Waals surface area contributed by atoms with E-state index in [2.05, 4.69) is 4.74 Å². The fourth-order valence-electron chi connectivity index (χ4n) is 5.39. The molecule has 1 atom stereocenters. The zero-order valence-electron chi connectivity index (χ0n) is 24.0. The predicted octanol–water partition coefficient (Wildman–Crippen LogP) is 6.31. The maximum absolute atomic E-state index is 14.4. The van der Waals surface area contributed by atoms with Gasteiger partial charge in [-0.15, -0.1) is 0 Å². The number of hydrogen-bond acceptors (Lipinski definition) is 5. The summed E-state index contributed by atoms with van der Waals surface area (Å²) in [5.74, 6) is -4.60. The van der Waals surface area contributed by atoms with Gasteiger partial charge in [-0.1, -0.05) is 30.3 Å². The van der Waals surface area contributed by atoms with Crippen LogP contribution in [0.4, 0.5) is 39.5 Å². The molecule has 16 heteroatoms. The standard InChI is InChI=1S/C30H26F9NO5S/c1-26(2,42)25(41)40-15-14-27(17-40,46(43,44)21-12-10-20(31)11-13-21)18-6-8-19(9-7-18)28(29(34,35)36,30(37,38)39)45-16-22-23(32)4-3-5-24(22)33/h3-13,42H,14-17H2,1-2H3. The molecule has 46 heavy (non-hydrogen) atoms. The summed E-state index contributed by atoms with van der Waals surface area (Å²) >= 11 is 0. The molecule has 1 aliphatic heterocycles. The number of carbonyl (C=O) groups is 1. The third-order valence-electron chi connectivity index (χ3n) is 7.79. The summed E-state index contributed by atoms with van der Waals surface area (Å²) < 4.78 is 159. The third kappa shape index (κ3) is 5.97. The van der Waals surface area contributed by atoms with Crippen LogP contribution in [0.5, 0.6) is 0 Å². The zero-order valence-corrected chi connectivity index (χ0v) is 24.8. The number of alkyl halides is 6. The second-order valence-corrected chi connectivity index (χ2v) is 13.5. The van der Waals surface area contributed by atoms with Gasteiger partial charge in [0, 0.05) is 24.2 Å². The molecule has 0 saturated carbocycles. The fourth-order valence-corrected chi connectivity index (χ4v) is 7.46. The number of aliphatic hydroxyl groups is 1. The number of hydrogen-bond donors (Lipinski definition) is 1. The van der Waals surface area contributed by atoms with E-state index in [1.165, 1.54) is 0 Å². The Morgan fingerprint density at radius 3 is 1.87 bits per heavy atom. The van der Waals surface area contributed by atoms with Crippen molar-refractivity contribution < 1.29 is 62.6 Å². The average molecular weight is 684 g/mol. The van der Waals surface area contributed by atoms with Crippen LogP contribution >= 0.6 is 0 Å². The molecule has 3 aromatic rings. The van der Waals surface area contributed by atoms with E-state index in [0.717, 1.165) is 49.1 Å². The Bertz CT molecular complexity index is 1670. The van der Waals surface area contributed by atoms with Gasteiger partial charge in [0.25, 0.3) is 11.5 Å². The fraction of sp³-hybridized carbons (Fsp3) is 0.367. The molecule has 1 saturated heterocycles. The molecule has 4 rings (SSSR count). The summed E-state index contributed by atoms with van der Waals surface area (Å²) in [4.78, 5) is 13.4. The van der Waals surface area contributed by atoms with Crippen molar-refractivity contribution in [1.82, 2.24) is 4.90 Å². The van der Waals surface area contributed by atoms with E-state index >= 15 is 0 Å². The molecule has 1 N–H and O–H groups in total. The molecule has 0 radical (unpaired) electrons. The van der Waals surface area contributed by atoms with Gasteiger partial charge in [0.2, 0.25) is 0 Å². The minimum atomic E-state index is -6.24. The van der Waals surface area contributed by atoms with Crippen molar-refractivity contribution in [2.24, 2.45) is 0 Å². The van der Waals surface area contributed by atoms with Gasteiger partial charge < -0.3 is 14.7 Å². The van der Waals surface area contributed by atoms with Crippen LogP contribution in [0.25, 0.3) is 0 Å². The lowest BCUT2D eigenvalue weighted by Gasteiger charge is -2.38. The zero-order chi connectivity index (χ0) is 34.5. The normalized spacial score (nSPS) is 18.2. The highest BCUT2D eigenvalue weighted by Gasteiger charge is 2.73. The van der Waals surface area contributed by atoms with Crippen molar-refractivity contribution in [2.75, 3.05) is 13.1 Å². The number of sulfone groups is 1. The van der Waals surface area contributed by atoms with Gasteiger partial charge in [-0.3, -0.25) is 4.79 Å². The number of benzene rings is 3. The van der Waals surface area contributed by atoms with Gasteiger partial charge in [0.15, 0.2) is 9.84 Å². The molecular formula is C30H26F9NO5S. The van der Waals surface area contributed by atoms with Crippen molar-refractivity contribution in [1.29, 1.82) is 0 Å². The Hall–Kier alpha value is -3.63. The largest absolute Gasteiger partial charge is 0.430 e. The van der Waals surface area contributed by atoms with Gasteiger partial charge in [-0.2, -0.15) is 26.3 Å². The molecule has 0 aromatic heterocycles. The lowest BCUT2D eigenvalue weighted by Crippen LogP contribution is -2.56.